The molecule has 2 heterocycles. The van der Waals surface area contributed by atoms with Crippen LogP contribution in [-0.2, 0) is 15.8 Å². The van der Waals surface area contributed by atoms with Gasteiger partial charge in [0.05, 0.1) is 16.7 Å². The van der Waals surface area contributed by atoms with Crippen LogP contribution in [0.3, 0.4) is 0 Å². The molecular formula is C21H19F3N2O3S2. The van der Waals surface area contributed by atoms with Gasteiger partial charge in [0.2, 0.25) is 5.91 Å². The first-order chi connectivity index (χ1) is 14.7. The minimum absolute atomic E-state index is 0.112. The first kappa shape index (κ1) is 23.1. The van der Waals surface area contributed by atoms with E-state index in [2.05, 4.69) is 5.32 Å². The molecule has 0 bridgehead atoms. The van der Waals surface area contributed by atoms with Gasteiger partial charge in [-0.15, -0.1) is 0 Å². The third-order valence-corrected chi connectivity index (χ3v) is 5.83. The Morgan fingerprint density at radius 2 is 2.00 bits per heavy atom. The zero-order valence-corrected chi connectivity index (χ0v) is 17.9. The van der Waals surface area contributed by atoms with Crippen LogP contribution in [0.1, 0.15) is 37.0 Å². The minimum Gasteiger partial charge on any atom is -0.465 e. The predicted octanol–water partition coefficient (Wildman–Crippen LogP) is 5.70. The number of hydrogen-bond donors (Lipinski definition) is 1. The van der Waals surface area contributed by atoms with Gasteiger partial charge in [-0.3, -0.25) is 14.5 Å². The molecule has 5 nitrogen and oxygen atoms in total. The smallest absolute Gasteiger partial charge is 0.416 e. The topological polar surface area (TPSA) is 62.6 Å². The third kappa shape index (κ3) is 6.44. The van der Waals surface area contributed by atoms with Crippen LogP contribution in [0.2, 0.25) is 0 Å². The number of furan rings is 1. The molecule has 0 unspecified atom stereocenters. The van der Waals surface area contributed by atoms with Gasteiger partial charge in [0.15, 0.2) is 0 Å². The van der Waals surface area contributed by atoms with E-state index in [-0.39, 0.29) is 23.9 Å². The Labute approximate surface area is 186 Å². The van der Waals surface area contributed by atoms with E-state index < -0.39 is 11.7 Å². The summed E-state index contributed by atoms with van der Waals surface area (Å²) in [5.41, 5.74) is -0.698. The summed E-state index contributed by atoms with van der Waals surface area (Å²) in [4.78, 5) is 26.5. The molecule has 0 spiro atoms. The molecule has 1 aromatic carbocycles. The van der Waals surface area contributed by atoms with Gasteiger partial charge in [0.25, 0.3) is 5.91 Å². The number of carbonyl (C=O) groups excluding carboxylic acids is 2. The number of halogens is 3. The average Bonchev–Trinajstić information content (AvgIpc) is 3.31. The van der Waals surface area contributed by atoms with Gasteiger partial charge >= 0.3 is 6.18 Å². The Kier molecular flexibility index (Phi) is 7.55. The lowest BCUT2D eigenvalue weighted by atomic mass is 10.1. The molecule has 3 rings (SSSR count). The summed E-state index contributed by atoms with van der Waals surface area (Å²) in [6.07, 6.45) is 0.753. The van der Waals surface area contributed by atoms with Crippen LogP contribution in [0.4, 0.5) is 18.9 Å². The Bertz CT molecular complexity index is 988. The molecule has 164 valence electrons. The summed E-state index contributed by atoms with van der Waals surface area (Å²) >= 11 is 6.49. The molecule has 0 radical (unpaired) electrons. The molecule has 1 saturated heterocycles. The standard InChI is InChI=1S/C21H19F3N2O3S2/c22-21(23,24)14-6-4-7-15(12-14)25-18(27)9-2-1-3-10-26-19(28)17(31-20(26)30)13-16-8-5-11-29-16/h4-8,11-13H,1-3,9-10H2,(H,25,27)/b17-13-. The molecule has 1 aromatic heterocycles. The number of unbranched alkanes of at least 4 members (excludes halogenated alkanes) is 2. The number of nitrogens with one attached hydrogen (secondary N) is 1. The fourth-order valence-electron chi connectivity index (χ4n) is 2.92. The number of thiocarbonyl (C=S) groups is 1. The summed E-state index contributed by atoms with van der Waals surface area (Å²) in [5.74, 6) is 0.0484. The summed E-state index contributed by atoms with van der Waals surface area (Å²) in [7, 11) is 0. The van der Waals surface area contributed by atoms with Gasteiger partial charge in [-0.1, -0.05) is 36.5 Å². The zero-order valence-electron chi connectivity index (χ0n) is 16.3. The number of nitrogens with zero attached hydrogens (tertiary/aromatic N) is 1. The second-order valence-corrected chi connectivity index (χ2v) is 8.46. The van der Waals surface area contributed by atoms with E-state index in [1.54, 1.807) is 18.2 Å². The van der Waals surface area contributed by atoms with Crippen LogP contribution in [0.25, 0.3) is 6.08 Å². The third-order valence-electron chi connectivity index (χ3n) is 4.45. The van der Waals surface area contributed by atoms with E-state index in [1.165, 1.54) is 35.1 Å². The molecule has 31 heavy (non-hydrogen) atoms. The maximum Gasteiger partial charge on any atom is 0.416 e. The molecule has 0 aliphatic carbocycles. The van der Waals surface area contributed by atoms with Crippen LogP contribution in [0.15, 0.2) is 52.0 Å². The van der Waals surface area contributed by atoms with Crippen molar-refractivity contribution < 1.29 is 27.2 Å². The Morgan fingerprint density at radius 1 is 1.19 bits per heavy atom. The van der Waals surface area contributed by atoms with Crippen LogP contribution in [0.5, 0.6) is 0 Å². The van der Waals surface area contributed by atoms with Crippen molar-refractivity contribution in [2.24, 2.45) is 0 Å². The van der Waals surface area contributed by atoms with E-state index in [1.807, 2.05) is 0 Å². The fraction of sp³-hybridized carbons (Fsp3) is 0.286. The number of anilines is 1. The largest absolute Gasteiger partial charge is 0.465 e. The van der Waals surface area contributed by atoms with Crippen LogP contribution < -0.4 is 5.32 Å². The van der Waals surface area contributed by atoms with Crippen molar-refractivity contribution in [3.05, 3.63) is 58.9 Å². The van der Waals surface area contributed by atoms with Crippen molar-refractivity contribution in [1.82, 2.24) is 4.90 Å². The number of carbonyl (C=O) groups is 2. The average molecular weight is 469 g/mol. The molecule has 1 aliphatic rings. The summed E-state index contributed by atoms with van der Waals surface area (Å²) in [6.45, 7) is 0.440. The maximum atomic E-state index is 12.7. The first-order valence-electron chi connectivity index (χ1n) is 9.50. The predicted molar refractivity (Wildman–Crippen MR) is 117 cm³/mol. The van der Waals surface area contributed by atoms with Crippen LogP contribution in [-0.4, -0.2) is 27.6 Å². The van der Waals surface area contributed by atoms with E-state index >= 15 is 0 Å². The van der Waals surface area contributed by atoms with Crippen molar-refractivity contribution in [3.8, 4) is 0 Å². The highest BCUT2D eigenvalue weighted by Crippen LogP contribution is 2.33. The second kappa shape index (κ2) is 10.1. The van der Waals surface area contributed by atoms with E-state index in [0.29, 0.717) is 40.8 Å². The monoisotopic (exact) mass is 468 g/mol. The summed E-state index contributed by atoms with van der Waals surface area (Å²) in [6, 6.07) is 8.00. The fourth-order valence-corrected chi connectivity index (χ4v) is 4.21. The van der Waals surface area contributed by atoms with E-state index in [9.17, 15) is 22.8 Å². The molecule has 10 heteroatoms. The van der Waals surface area contributed by atoms with Crippen molar-refractivity contribution in [3.63, 3.8) is 0 Å². The van der Waals surface area contributed by atoms with E-state index in [0.717, 1.165) is 12.1 Å². The molecule has 1 N–H and O–H groups in total. The van der Waals surface area contributed by atoms with Gasteiger partial charge in [-0.2, -0.15) is 13.2 Å². The van der Waals surface area contributed by atoms with Crippen molar-refractivity contribution in [1.29, 1.82) is 0 Å². The van der Waals surface area contributed by atoms with E-state index in [4.69, 9.17) is 16.6 Å². The second-order valence-electron chi connectivity index (χ2n) is 6.79. The summed E-state index contributed by atoms with van der Waals surface area (Å²) < 4.78 is 43.9. The maximum absolute atomic E-state index is 12.7. The van der Waals surface area contributed by atoms with Gasteiger partial charge in [0.1, 0.15) is 10.1 Å². The molecule has 0 atom stereocenters. The lowest BCUT2D eigenvalue weighted by Gasteiger charge is -2.14. The number of rotatable bonds is 8. The molecule has 2 amide bonds. The zero-order chi connectivity index (χ0) is 22.4. The number of alkyl halides is 3. The highest BCUT2D eigenvalue weighted by molar-refractivity contribution is 8.26. The molecule has 2 aromatic rings. The number of hydrogen-bond acceptors (Lipinski definition) is 5. The molecule has 1 aliphatic heterocycles. The number of benzene rings is 1. The normalized spacial score (nSPS) is 15.7. The minimum atomic E-state index is -4.46. The molecule has 1 fully saturated rings. The number of thioether (sulfide) groups is 1. The quantitative estimate of drug-likeness (QED) is 0.306. The van der Waals surface area contributed by atoms with Crippen molar-refractivity contribution in [2.75, 3.05) is 11.9 Å². The lowest BCUT2D eigenvalue weighted by Crippen LogP contribution is -2.29. The number of amides is 2. The van der Waals surface area contributed by atoms with Crippen LogP contribution in [0, 0.1) is 0 Å². The Hall–Kier alpha value is -2.59. The Morgan fingerprint density at radius 3 is 2.71 bits per heavy atom. The molecular weight excluding hydrogens is 449 g/mol. The SMILES string of the molecule is O=C(CCCCCN1C(=O)/C(=C/c2ccco2)SC1=S)Nc1cccc(C(F)(F)F)c1. The Balaban J connectivity index is 1.40. The highest BCUT2D eigenvalue weighted by Gasteiger charge is 2.32. The van der Waals surface area contributed by atoms with Gasteiger partial charge in [-0.25, -0.2) is 0 Å². The van der Waals surface area contributed by atoms with Crippen molar-refractivity contribution in [2.45, 2.75) is 31.9 Å². The van der Waals surface area contributed by atoms with Gasteiger partial charge in [0, 0.05) is 24.7 Å². The summed E-state index contributed by atoms with van der Waals surface area (Å²) in [5, 5.41) is 2.48. The molecule has 0 saturated carbocycles. The van der Waals surface area contributed by atoms with Crippen LogP contribution >= 0.6 is 24.0 Å². The lowest BCUT2D eigenvalue weighted by molar-refractivity contribution is -0.137. The van der Waals surface area contributed by atoms with Crippen molar-refractivity contribution >= 4 is 51.9 Å². The first-order valence-corrected chi connectivity index (χ1v) is 10.7. The van der Waals surface area contributed by atoms with Gasteiger partial charge in [-0.05, 0) is 43.2 Å². The highest BCUT2D eigenvalue weighted by atomic mass is 32.2. The van der Waals surface area contributed by atoms with Gasteiger partial charge < -0.3 is 9.73 Å².